The summed E-state index contributed by atoms with van der Waals surface area (Å²) in [5.41, 5.74) is -1.15. The van der Waals surface area contributed by atoms with Gasteiger partial charge in [0.15, 0.2) is 5.69 Å². The van der Waals surface area contributed by atoms with Crippen LogP contribution in [0.3, 0.4) is 0 Å². The van der Waals surface area contributed by atoms with Crippen molar-refractivity contribution in [3.8, 4) is 5.75 Å². The van der Waals surface area contributed by atoms with Crippen LogP contribution in [-0.4, -0.2) is 22.3 Å². The third-order valence-electron chi connectivity index (χ3n) is 3.33. The van der Waals surface area contributed by atoms with Crippen molar-refractivity contribution in [3.63, 3.8) is 0 Å². The zero-order valence-electron chi connectivity index (χ0n) is 13.3. The first kappa shape index (κ1) is 20.0. The second-order valence-electron chi connectivity index (χ2n) is 5.14. The summed E-state index contributed by atoms with van der Waals surface area (Å²) in [5, 5.41) is 5.20. The van der Waals surface area contributed by atoms with Gasteiger partial charge in [-0.3, -0.25) is 9.48 Å². The van der Waals surface area contributed by atoms with Gasteiger partial charge < -0.3 is 10.1 Å². The maximum absolute atomic E-state index is 12.8. The molecule has 0 atom stereocenters. The number of ether oxygens (including phenoxy) is 1. The quantitative estimate of drug-likeness (QED) is 0.730. The molecule has 0 saturated carbocycles. The minimum atomic E-state index is -4.71. The zero-order chi connectivity index (χ0) is 19.5. The number of carbonyl (C=O) groups excluding carboxylic acids is 1. The first-order chi connectivity index (χ1) is 12.1. The molecule has 0 fully saturated rings. The SMILES string of the molecule is Cc1c(Cl)c(C(F)(F)F)nn1CCC(=O)Nc1ccccc1OC(F)F. The summed E-state index contributed by atoms with van der Waals surface area (Å²) >= 11 is 5.62. The second kappa shape index (κ2) is 7.90. The number of anilines is 1. The molecule has 0 unspecified atom stereocenters. The van der Waals surface area contributed by atoms with Crippen molar-refractivity contribution in [2.24, 2.45) is 0 Å². The molecule has 142 valence electrons. The smallest absolute Gasteiger partial charge is 0.433 e. The van der Waals surface area contributed by atoms with Gasteiger partial charge in [-0.15, -0.1) is 0 Å². The Bertz CT molecular complexity index is 792. The van der Waals surface area contributed by atoms with Crippen molar-refractivity contribution >= 4 is 23.2 Å². The summed E-state index contributed by atoms with van der Waals surface area (Å²) in [7, 11) is 0. The predicted octanol–water partition coefficient (Wildman–Crippen LogP) is 4.49. The van der Waals surface area contributed by atoms with Crippen molar-refractivity contribution in [2.75, 3.05) is 5.32 Å². The predicted molar refractivity (Wildman–Crippen MR) is 83.3 cm³/mol. The van der Waals surface area contributed by atoms with Crippen molar-refractivity contribution in [2.45, 2.75) is 32.7 Å². The van der Waals surface area contributed by atoms with Crippen molar-refractivity contribution in [3.05, 3.63) is 40.7 Å². The van der Waals surface area contributed by atoms with Crippen LogP contribution in [-0.2, 0) is 17.5 Å². The van der Waals surface area contributed by atoms with Gasteiger partial charge >= 0.3 is 12.8 Å². The van der Waals surface area contributed by atoms with Gasteiger partial charge in [0, 0.05) is 6.42 Å². The highest BCUT2D eigenvalue weighted by Gasteiger charge is 2.38. The molecular weight excluding hydrogens is 385 g/mol. The summed E-state index contributed by atoms with van der Waals surface area (Å²) in [5.74, 6) is -0.844. The van der Waals surface area contributed by atoms with Crippen molar-refractivity contribution < 1.29 is 31.5 Å². The second-order valence-corrected chi connectivity index (χ2v) is 5.52. The topological polar surface area (TPSA) is 56.2 Å². The molecule has 1 heterocycles. The molecule has 0 aliphatic carbocycles. The van der Waals surface area contributed by atoms with Gasteiger partial charge in [0.25, 0.3) is 0 Å². The molecule has 0 saturated heterocycles. The van der Waals surface area contributed by atoms with Gasteiger partial charge in [-0.25, -0.2) is 0 Å². The molecule has 1 aromatic heterocycles. The van der Waals surface area contributed by atoms with E-state index >= 15 is 0 Å². The van der Waals surface area contributed by atoms with Crippen LogP contribution in [0.1, 0.15) is 17.8 Å². The third kappa shape index (κ3) is 4.84. The molecule has 1 N–H and O–H groups in total. The molecule has 1 amide bonds. The molecule has 0 aliphatic heterocycles. The summed E-state index contributed by atoms with van der Waals surface area (Å²) in [6.07, 6.45) is -4.96. The molecule has 0 radical (unpaired) electrons. The first-order valence-electron chi connectivity index (χ1n) is 7.23. The van der Waals surface area contributed by atoms with Gasteiger partial charge in [0.05, 0.1) is 22.9 Å². The summed E-state index contributed by atoms with van der Waals surface area (Å²) in [6, 6.07) is 5.55. The zero-order valence-corrected chi connectivity index (χ0v) is 14.0. The van der Waals surface area contributed by atoms with E-state index in [1.165, 1.54) is 31.2 Å². The number of aromatic nitrogens is 2. The minimum Gasteiger partial charge on any atom is -0.433 e. The lowest BCUT2D eigenvalue weighted by Gasteiger charge is -2.12. The van der Waals surface area contributed by atoms with Crippen LogP contribution in [0.25, 0.3) is 0 Å². The van der Waals surface area contributed by atoms with Crippen LogP contribution >= 0.6 is 11.6 Å². The van der Waals surface area contributed by atoms with Gasteiger partial charge in [-0.1, -0.05) is 23.7 Å². The highest BCUT2D eigenvalue weighted by molar-refractivity contribution is 6.31. The number of benzene rings is 1. The largest absolute Gasteiger partial charge is 0.436 e. The van der Waals surface area contributed by atoms with Crippen LogP contribution in [0.4, 0.5) is 27.6 Å². The molecule has 0 spiro atoms. The highest BCUT2D eigenvalue weighted by atomic mass is 35.5. The lowest BCUT2D eigenvalue weighted by molar-refractivity contribution is -0.141. The normalized spacial score (nSPS) is 11.7. The minimum absolute atomic E-state index is 0.0176. The molecular formula is C15H13ClF5N3O2. The van der Waals surface area contributed by atoms with Gasteiger partial charge in [-0.05, 0) is 19.1 Å². The van der Waals surface area contributed by atoms with Gasteiger partial charge in [-0.2, -0.15) is 27.1 Å². The fraction of sp³-hybridized carbons (Fsp3) is 0.333. The van der Waals surface area contributed by atoms with E-state index in [1.807, 2.05) is 0 Å². The monoisotopic (exact) mass is 397 g/mol. The molecule has 11 heteroatoms. The number of alkyl halides is 5. The van der Waals surface area contributed by atoms with E-state index in [0.717, 1.165) is 4.68 Å². The molecule has 1 aromatic carbocycles. The molecule has 0 bridgehead atoms. The van der Waals surface area contributed by atoms with E-state index in [-0.39, 0.29) is 30.1 Å². The number of hydrogen-bond acceptors (Lipinski definition) is 3. The molecule has 5 nitrogen and oxygen atoms in total. The van der Waals surface area contributed by atoms with E-state index in [1.54, 1.807) is 0 Å². The Hall–Kier alpha value is -2.36. The van der Waals surface area contributed by atoms with E-state index in [4.69, 9.17) is 11.6 Å². The fourth-order valence-electron chi connectivity index (χ4n) is 2.11. The first-order valence-corrected chi connectivity index (χ1v) is 7.61. The fourth-order valence-corrected chi connectivity index (χ4v) is 2.35. The van der Waals surface area contributed by atoms with E-state index in [0.29, 0.717) is 0 Å². The number of nitrogens with zero attached hydrogens (tertiary/aromatic N) is 2. The van der Waals surface area contributed by atoms with Crippen LogP contribution < -0.4 is 10.1 Å². The number of amides is 1. The highest BCUT2D eigenvalue weighted by Crippen LogP contribution is 2.35. The number of hydrogen-bond donors (Lipinski definition) is 1. The van der Waals surface area contributed by atoms with Gasteiger partial charge in [0.1, 0.15) is 5.75 Å². The van der Waals surface area contributed by atoms with Crippen LogP contribution in [0.5, 0.6) is 5.75 Å². The van der Waals surface area contributed by atoms with Crippen LogP contribution in [0.15, 0.2) is 24.3 Å². The van der Waals surface area contributed by atoms with E-state index in [2.05, 4.69) is 15.2 Å². The lowest BCUT2D eigenvalue weighted by Crippen LogP contribution is -2.17. The standard InChI is InChI=1S/C15H13ClF5N3O2/c1-8-12(16)13(15(19,20)21)23-24(8)7-6-11(25)22-9-4-2-3-5-10(9)26-14(17)18/h2-5,14H,6-7H2,1H3,(H,22,25). The Labute approximate surface area is 149 Å². The Morgan fingerprint density at radius 3 is 2.58 bits per heavy atom. The summed E-state index contributed by atoms with van der Waals surface area (Å²) < 4.78 is 68.2. The molecule has 26 heavy (non-hydrogen) atoms. The molecule has 2 aromatic rings. The molecule has 0 aliphatic rings. The maximum Gasteiger partial charge on any atom is 0.436 e. The number of aryl methyl sites for hydroxylation is 1. The van der Waals surface area contributed by atoms with E-state index < -0.39 is 29.4 Å². The number of rotatable bonds is 6. The van der Waals surface area contributed by atoms with Crippen molar-refractivity contribution in [1.29, 1.82) is 0 Å². The lowest BCUT2D eigenvalue weighted by atomic mass is 10.2. The summed E-state index contributed by atoms with van der Waals surface area (Å²) in [6.45, 7) is -1.90. The Morgan fingerprint density at radius 2 is 2.00 bits per heavy atom. The maximum atomic E-state index is 12.8. The number of para-hydroxylation sites is 2. The van der Waals surface area contributed by atoms with Crippen LogP contribution in [0, 0.1) is 6.92 Å². The Morgan fingerprint density at radius 1 is 1.35 bits per heavy atom. The third-order valence-corrected chi connectivity index (χ3v) is 3.78. The summed E-state index contributed by atoms with van der Waals surface area (Å²) in [4.78, 5) is 12.0. The molecule has 2 rings (SSSR count). The Balaban J connectivity index is 2.05. The Kier molecular flexibility index (Phi) is 6.06. The number of carbonyl (C=O) groups is 1. The average Bonchev–Trinajstić information content (AvgIpc) is 2.82. The van der Waals surface area contributed by atoms with Crippen molar-refractivity contribution in [1.82, 2.24) is 9.78 Å². The van der Waals surface area contributed by atoms with Crippen LogP contribution in [0.2, 0.25) is 5.02 Å². The van der Waals surface area contributed by atoms with E-state index in [9.17, 15) is 26.7 Å². The van der Waals surface area contributed by atoms with Gasteiger partial charge in [0.2, 0.25) is 5.91 Å². The number of nitrogens with one attached hydrogen (secondary N) is 1. The average molecular weight is 398 g/mol. The number of halogens is 6.